The van der Waals surface area contributed by atoms with Gasteiger partial charge in [0, 0.05) is 5.92 Å². The molecule has 0 aliphatic carbocycles. The van der Waals surface area contributed by atoms with E-state index in [9.17, 15) is 14.4 Å². The molecule has 1 unspecified atom stereocenters. The van der Waals surface area contributed by atoms with Crippen molar-refractivity contribution in [2.45, 2.75) is 66.6 Å². The topological polar surface area (TPSA) is 84.9 Å². The number of amides is 3. The lowest BCUT2D eigenvalue weighted by Gasteiger charge is -2.24. The van der Waals surface area contributed by atoms with Gasteiger partial charge in [0.1, 0.15) is 0 Å². The largest absolute Gasteiger partial charge is 0.446 e. The molecule has 0 aromatic carbocycles. The highest BCUT2D eigenvalue weighted by atomic mass is 16.6. The standard InChI is InChI=1S/C14H26N2O5/c1-7-8-11(6)12(17)16(14(19)21-10(4)5)15-13(18)20-9(2)3/h9-11H,7-8H2,1-6H3,(H,15,18). The second-order valence-electron chi connectivity index (χ2n) is 5.36. The van der Waals surface area contributed by atoms with Gasteiger partial charge in [0.15, 0.2) is 0 Å². The lowest BCUT2D eigenvalue weighted by atomic mass is 10.1. The molecule has 0 rings (SSSR count). The molecule has 0 radical (unpaired) electrons. The Morgan fingerprint density at radius 3 is 1.95 bits per heavy atom. The van der Waals surface area contributed by atoms with E-state index in [0.717, 1.165) is 6.42 Å². The number of carbonyl (C=O) groups excluding carboxylic acids is 3. The highest BCUT2D eigenvalue weighted by Gasteiger charge is 2.30. The van der Waals surface area contributed by atoms with Crippen LogP contribution in [0.2, 0.25) is 0 Å². The van der Waals surface area contributed by atoms with Crippen molar-refractivity contribution in [3.8, 4) is 0 Å². The Bertz CT molecular complexity index is 368. The maximum atomic E-state index is 12.2. The first-order valence-corrected chi connectivity index (χ1v) is 7.20. The monoisotopic (exact) mass is 302 g/mol. The van der Waals surface area contributed by atoms with E-state index < -0.39 is 30.1 Å². The maximum Gasteiger partial charge on any atom is 0.436 e. The Morgan fingerprint density at radius 1 is 1.00 bits per heavy atom. The average molecular weight is 302 g/mol. The average Bonchev–Trinajstić information content (AvgIpc) is 2.33. The van der Waals surface area contributed by atoms with E-state index in [-0.39, 0.29) is 6.10 Å². The number of imide groups is 1. The Kier molecular flexibility index (Phi) is 8.42. The van der Waals surface area contributed by atoms with Gasteiger partial charge in [-0.25, -0.2) is 15.0 Å². The fourth-order valence-electron chi connectivity index (χ4n) is 1.55. The lowest BCUT2D eigenvalue weighted by molar-refractivity contribution is -0.136. The Hall–Kier alpha value is -1.79. The molecule has 0 aliphatic rings. The van der Waals surface area contributed by atoms with Gasteiger partial charge >= 0.3 is 12.2 Å². The van der Waals surface area contributed by atoms with Gasteiger partial charge in [0.25, 0.3) is 5.91 Å². The Morgan fingerprint density at radius 2 is 1.52 bits per heavy atom. The van der Waals surface area contributed by atoms with Crippen molar-refractivity contribution in [3.05, 3.63) is 0 Å². The minimum atomic E-state index is -0.918. The minimum absolute atomic E-state index is 0.365. The van der Waals surface area contributed by atoms with Crippen molar-refractivity contribution in [2.24, 2.45) is 5.92 Å². The second kappa shape index (κ2) is 9.20. The predicted molar refractivity (Wildman–Crippen MR) is 77.3 cm³/mol. The van der Waals surface area contributed by atoms with E-state index in [1.54, 1.807) is 34.6 Å². The number of rotatable bonds is 5. The molecule has 0 aromatic rings. The molecule has 0 saturated carbocycles. The van der Waals surface area contributed by atoms with E-state index in [1.165, 1.54) is 0 Å². The smallest absolute Gasteiger partial charge is 0.436 e. The molecule has 122 valence electrons. The van der Waals surface area contributed by atoms with Crippen LogP contribution in [0, 0.1) is 5.92 Å². The van der Waals surface area contributed by atoms with Crippen molar-refractivity contribution in [1.82, 2.24) is 10.4 Å². The van der Waals surface area contributed by atoms with Gasteiger partial charge in [-0.3, -0.25) is 4.79 Å². The van der Waals surface area contributed by atoms with Gasteiger partial charge in [-0.05, 0) is 34.1 Å². The van der Waals surface area contributed by atoms with Crippen molar-refractivity contribution in [1.29, 1.82) is 0 Å². The van der Waals surface area contributed by atoms with Crippen molar-refractivity contribution < 1.29 is 23.9 Å². The highest BCUT2D eigenvalue weighted by Crippen LogP contribution is 2.10. The quantitative estimate of drug-likeness (QED) is 0.789. The van der Waals surface area contributed by atoms with E-state index in [4.69, 9.17) is 9.47 Å². The molecule has 0 fully saturated rings. The van der Waals surface area contributed by atoms with Gasteiger partial charge in [-0.1, -0.05) is 20.3 Å². The third-order valence-corrected chi connectivity index (χ3v) is 2.43. The summed E-state index contributed by atoms with van der Waals surface area (Å²) in [6.07, 6.45) is -1.17. The van der Waals surface area contributed by atoms with Gasteiger partial charge in [-0.15, -0.1) is 5.01 Å². The molecule has 0 aromatic heterocycles. The van der Waals surface area contributed by atoms with Crippen LogP contribution in [0.4, 0.5) is 9.59 Å². The molecule has 1 atom stereocenters. The molecule has 21 heavy (non-hydrogen) atoms. The number of nitrogens with one attached hydrogen (secondary N) is 1. The fraction of sp³-hybridized carbons (Fsp3) is 0.786. The van der Waals surface area contributed by atoms with Gasteiger partial charge < -0.3 is 9.47 Å². The molecule has 0 saturated heterocycles. The van der Waals surface area contributed by atoms with Crippen LogP contribution in [-0.4, -0.2) is 35.3 Å². The summed E-state index contributed by atoms with van der Waals surface area (Å²) in [6.45, 7) is 10.3. The third-order valence-electron chi connectivity index (χ3n) is 2.43. The van der Waals surface area contributed by atoms with Crippen LogP contribution in [-0.2, 0) is 14.3 Å². The molecule has 0 heterocycles. The summed E-state index contributed by atoms with van der Waals surface area (Å²) in [5, 5.41) is 0.588. The zero-order valence-corrected chi connectivity index (χ0v) is 13.6. The summed E-state index contributed by atoms with van der Waals surface area (Å²) < 4.78 is 9.84. The SMILES string of the molecule is CCCC(C)C(=O)N(NC(=O)OC(C)C)C(=O)OC(C)C. The van der Waals surface area contributed by atoms with Crippen molar-refractivity contribution >= 4 is 18.1 Å². The van der Waals surface area contributed by atoms with E-state index >= 15 is 0 Å². The second-order valence-corrected chi connectivity index (χ2v) is 5.36. The summed E-state index contributed by atoms with van der Waals surface area (Å²) in [7, 11) is 0. The first kappa shape index (κ1) is 19.2. The van der Waals surface area contributed by atoms with Gasteiger partial charge in [-0.2, -0.15) is 0 Å². The van der Waals surface area contributed by atoms with Crippen LogP contribution in [0.25, 0.3) is 0 Å². The summed E-state index contributed by atoms with van der Waals surface area (Å²) in [5.41, 5.74) is 2.14. The van der Waals surface area contributed by atoms with Crippen LogP contribution in [0.1, 0.15) is 54.4 Å². The van der Waals surface area contributed by atoms with E-state index in [2.05, 4.69) is 5.43 Å². The molecule has 0 aliphatic heterocycles. The Labute approximate surface area is 125 Å². The van der Waals surface area contributed by atoms with Gasteiger partial charge in [0.05, 0.1) is 12.2 Å². The minimum Gasteiger partial charge on any atom is -0.446 e. The predicted octanol–water partition coefficient (Wildman–Crippen LogP) is 2.85. The number of hydrogen-bond acceptors (Lipinski definition) is 5. The van der Waals surface area contributed by atoms with E-state index in [1.807, 2.05) is 6.92 Å². The van der Waals surface area contributed by atoms with Crippen LogP contribution in [0.3, 0.4) is 0 Å². The molecule has 3 amide bonds. The molecular formula is C14H26N2O5. The molecule has 7 nitrogen and oxygen atoms in total. The third kappa shape index (κ3) is 7.53. The van der Waals surface area contributed by atoms with Crippen LogP contribution in [0.5, 0.6) is 0 Å². The molecule has 7 heteroatoms. The zero-order valence-electron chi connectivity index (χ0n) is 13.6. The number of hydrazine groups is 1. The number of hydrogen-bond donors (Lipinski definition) is 1. The lowest BCUT2D eigenvalue weighted by Crippen LogP contribution is -2.52. The molecule has 1 N–H and O–H groups in total. The number of nitrogens with zero attached hydrogens (tertiary/aromatic N) is 1. The summed E-state index contributed by atoms with van der Waals surface area (Å²) >= 11 is 0. The maximum absolute atomic E-state index is 12.2. The van der Waals surface area contributed by atoms with Gasteiger partial charge in [0.2, 0.25) is 0 Å². The first-order chi connectivity index (χ1) is 9.68. The number of ether oxygens (including phenoxy) is 2. The highest BCUT2D eigenvalue weighted by molar-refractivity contribution is 5.94. The van der Waals surface area contributed by atoms with Crippen molar-refractivity contribution in [3.63, 3.8) is 0 Å². The fourth-order valence-corrected chi connectivity index (χ4v) is 1.55. The molecule has 0 spiro atoms. The van der Waals surface area contributed by atoms with Crippen LogP contribution >= 0.6 is 0 Å². The normalized spacial score (nSPS) is 12.0. The van der Waals surface area contributed by atoms with E-state index in [0.29, 0.717) is 11.4 Å². The number of carbonyl (C=O) groups is 3. The van der Waals surface area contributed by atoms with Crippen LogP contribution in [0.15, 0.2) is 0 Å². The Balaban J connectivity index is 4.96. The molecular weight excluding hydrogens is 276 g/mol. The molecule has 0 bridgehead atoms. The summed E-state index contributed by atoms with van der Waals surface area (Å²) in [4.78, 5) is 35.8. The summed E-state index contributed by atoms with van der Waals surface area (Å²) in [5.74, 6) is -0.933. The summed E-state index contributed by atoms with van der Waals surface area (Å²) in [6, 6.07) is 0. The van der Waals surface area contributed by atoms with Crippen LogP contribution < -0.4 is 5.43 Å². The van der Waals surface area contributed by atoms with Crippen molar-refractivity contribution in [2.75, 3.05) is 0 Å². The zero-order chi connectivity index (χ0) is 16.6. The first-order valence-electron chi connectivity index (χ1n) is 7.20.